The number of carbonyl (C=O) groups is 1. The number of aromatic nitrogens is 2. The van der Waals surface area contributed by atoms with Crippen molar-refractivity contribution in [2.75, 3.05) is 12.1 Å². The summed E-state index contributed by atoms with van der Waals surface area (Å²) in [6.45, 7) is 0.128. The number of halogens is 3. The molecule has 2 heterocycles. The fraction of sp³-hybridized carbons (Fsp3) is 0.471. The second kappa shape index (κ2) is 6.66. The summed E-state index contributed by atoms with van der Waals surface area (Å²) in [5.74, 6) is 0.815. The minimum absolute atomic E-state index is 0.128. The highest BCUT2D eigenvalue weighted by Crippen LogP contribution is 2.44. The number of fused-ring (bicyclic) bond motifs is 1. The smallest absolute Gasteiger partial charge is 0.445 e. The fourth-order valence-electron chi connectivity index (χ4n) is 3.60. The number of nitrogens with zero attached hydrogens (tertiary/aromatic N) is 2. The minimum atomic E-state index is -4.58. The van der Waals surface area contributed by atoms with E-state index in [1.54, 1.807) is 12.1 Å². The lowest BCUT2D eigenvalue weighted by atomic mass is 9.68. The van der Waals surface area contributed by atoms with Crippen LogP contribution in [0.25, 0.3) is 0 Å². The molecule has 6 nitrogen and oxygen atoms in total. The third-order valence-electron chi connectivity index (χ3n) is 4.95. The SMILES string of the molecule is O=C(Nc1nnc(C(F)(F)F)s1)C1(c2ccc3c(c2)OCO3)CCCCC1. The van der Waals surface area contributed by atoms with Gasteiger partial charge >= 0.3 is 6.18 Å². The average Bonchev–Trinajstić information content (AvgIpc) is 3.30. The van der Waals surface area contributed by atoms with Gasteiger partial charge in [-0.1, -0.05) is 36.7 Å². The first-order valence-corrected chi connectivity index (χ1v) is 9.32. The van der Waals surface area contributed by atoms with Crippen LogP contribution in [0.5, 0.6) is 11.5 Å². The van der Waals surface area contributed by atoms with Gasteiger partial charge in [-0.05, 0) is 30.5 Å². The first kappa shape index (κ1) is 18.0. The first-order valence-electron chi connectivity index (χ1n) is 8.51. The van der Waals surface area contributed by atoms with Gasteiger partial charge in [0, 0.05) is 0 Å². The van der Waals surface area contributed by atoms with Crippen LogP contribution in [-0.2, 0) is 16.4 Å². The molecule has 1 fully saturated rings. The van der Waals surface area contributed by atoms with E-state index in [0.29, 0.717) is 35.7 Å². The molecule has 0 saturated heterocycles. The molecular weight excluding hydrogens is 383 g/mol. The second-order valence-corrected chi connectivity index (χ2v) is 7.55. The van der Waals surface area contributed by atoms with Gasteiger partial charge in [-0.25, -0.2) is 0 Å². The number of nitrogens with one attached hydrogen (secondary N) is 1. The van der Waals surface area contributed by atoms with Crippen LogP contribution >= 0.6 is 11.3 Å². The van der Waals surface area contributed by atoms with Gasteiger partial charge < -0.3 is 9.47 Å². The summed E-state index contributed by atoms with van der Waals surface area (Å²) >= 11 is 0.322. The van der Waals surface area contributed by atoms with Crippen LogP contribution in [0.2, 0.25) is 0 Å². The number of ether oxygens (including phenoxy) is 2. The normalized spacial score (nSPS) is 18.3. The van der Waals surface area contributed by atoms with E-state index in [4.69, 9.17) is 9.47 Å². The Hall–Kier alpha value is -2.36. The average molecular weight is 399 g/mol. The van der Waals surface area contributed by atoms with Gasteiger partial charge in [0.15, 0.2) is 11.5 Å². The number of carbonyl (C=O) groups excluding carboxylic acids is 1. The Morgan fingerprint density at radius 1 is 1.11 bits per heavy atom. The zero-order valence-electron chi connectivity index (χ0n) is 14.1. The Bertz CT molecular complexity index is 863. The Balaban J connectivity index is 1.63. The third-order valence-corrected chi connectivity index (χ3v) is 5.84. The summed E-state index contributed by atoms with van der Waals surface area (Å²) in [5.41, 5.74) is -0.0759. The van der Waals surface area contributed by atoms with E-state index in [0.717, 1.165) is 24.8 Å². The predicted molar refractivity (Wildman–Crippen MR) is 90.9 cm³/mol. The number of hydrogen-bond donors (Lipinski definition) is 1. The highest BCUT2D eigenvalue weighted by atomic mass is 32.1. The van der Waals surface area contributed by atoms with Crippen molar-refractivity contribution in [1.82, 2.24) is 10.2 Å². The maximum Gasteiger partial charge on any atom is 0.445 e. The quantitative estimate of drug-likeness (QED) is 0.840. The van der Waals surface area contributed by atoms with E-state index in [-0.39, 0.29) is 17.8 Å². The second-order valence-electron chi connectivity index (χ2n) is 6.58. The lowest BCUT2D eigenvalue weighted by Crippen LogP contribution is -2.42. The molecule has 4 rings (SSSR count). The number of rotatable bonds is 3. The summed E-state index contributed by atoms with van der Waals surface area (Å²) in [7, 11) is 0. The summed E-state index contributed by atoms with van der Waals surface area (Å²) in [6, 6.07) is 5.36. The van der Waals surface area contributed by atoms with E-state index < -0.39 is 16.6 Å². The number of alkyl halides is 3. The highest BCUT2D eigenvalue weighted by molar-refractivity contribution is 7.15. The van der Waals surface area contributed by atoms with Crippen LogP contribution in [-0.4, -0.2) is 22.9 Å². The topological polar surface area (TPSA) is 73.3 Å². The van der Waals surface area contributed by atoms with Crippen LogP contribution < -0.4 is 14.8 Å². The first-order chi connectivity index (χ1) is 12.9. The molecule has 1 aliphatic heterocycles. The van der Waals surface area contributed by atoms with Crippen molar-refractivity contribution in [1.29, 1.82) is 0 Å². The largest absolute Gasteiger partial charge is 0.454 e. The molecule has 2 aromatic rings. The van der Waals surface area contributed by atoms with Crippen molar-refractivity contribution >= 4 is 22.4 Å². The molecule has 10 heteroatoms. The summed E-state index contributed by atoms with van der Waals surface area (Å²) in [5, 5.41) is 7.90. The van der Waals surface area contributed by atoms with Crippen molar-refractivity contribution in [2.45, 2.75) is 43.7 Å². The van der Waals surface area contributed by atoms with Crippen molar-refractivity contribution in [3.63, 3.8) is 0 Å². The maximum atomic E-state index is 13.1. The Morgan fingerprint density at radius 3 is 2.56 bits per heavy atom. The summed E-state index contributed by atoms with van der Waals surface area (Å²) in [6.07, 6.45) is -0.665. The van der Waals surface area contributed by atoms with Crippen LogP contribution in [0, 0.1) is 0 Å². The molecule has 1 aliphatic carbocycles. The van der Waals surface area contributed by atoms with Gasteiger partial charge in [0.25, 0.3) is 0 Å². The predicted octanol–water partition coefficient (Wildman–Crippen LogP) is 4.13. The van der Waals surface area contributed by atoms with E-state index >= 15 is 0 Å². The Morgan fingerprint density at radius 2 is 1.85 bits per heavy atom. The third kappa shape index (κ3) is 3.33. The van der Waals surface area contributed by atoms with Crippen molar-refractivity contribution in [3.8, 4) is 11.5 Å². The molecule has 1 aromatic heterocycles. The number of anilines is 1. The summed E-state index contributed by atoms with van der Waals surface area (Å²) in [4.78, 5) is 13.1. The van der Waals surface area contributed by atoms with Crippen LogP contribution in [0.15, 0.2) is 18.2 Å². The molecule has 0 radical (unpaired) electrons. The van der Waals surface area contributed by atoms with Crippen LogP contribution in [0.3, 0.4) is 0 Å². The summed E-state index contributed by atoms with van der Waals surface area (Å²) < 4.78 is 48.9. The highest BCUT2D eigenvalue weighted by Gasteiger charge is 2.43. The molecule has 1 N–H and O–H groups in total. The van der Waals surface area contributed by atoms with E-state index in [1.165, 1.54) is 0 Å². The minimum Gasteiger partial charge on any atom is -0.454 e. The Labute approximate surface area is 156 Å². The molecule has 0 atom stereocenters. The Kier molecular flexibility index (Phi) is 4.45. The zero-order valence-corrected chi connectivity index (χ0v) is 15.0. The molecule has 2 aliphatic rings. The van der Waals surface area contributed by atoms with Gasteiger partial charge in [-0.15, -0.1) is 10.2 Å². The number of benzene rings is 1. The fourth-order valence-corrected chi connectivity index (χ4v) is 4.21. The van der Waals surface area contributed by atoms with Crippen molar-refractivity contribution in [2.24, 2.45) is 0 Å². The van der Waals surface area contributed by atoms with Gasteiger partial charge in [0.1, 0.15) is 0 Å². The van der Waals surface area contributed by atoms with E-state index in [2.05, 4.69) is 15.5 Å². The molecule has 0 unspecified atom stereocenters. The molecule has 27 heavy (non-hydrogen) atoms. The van der Waals surface area contributed by atoms with E-state index in [1.807, 2.05) is 6.07 Å². The molecule has 0 spiro atoms. The van der Waals surface area contributed by atoms with Crippen molar-refractivity contribution in [3.05, 3.63) is 28.8 Å². The molecule has 144 valence electrons. The molecule has 1 aromatic carbocycles. The van der Waals surface area contributed by atoms with E-state index in [9.17, 15) is 18.0 Å². The van der Waals surface area contributed by atoms with Gasteiger partial charge in [0.05, 0.1) is 5.41 Å². The molecule has 1 amide bonds. The number of amides is 1. The van der Waals surface area contributed by atoms with Gasteiger partial charge in [-0.2, -0.15) is 13.2 Å². The van der Waals surface area contributed by atoms with Crippen LogP contribution in [0.1, 0.15) is 42.7 Å². The lowest BCUT2D eigenvalue weighted by Gasteiger charge is -2.36. The standard InChI is InChI=1S/C17H16F3N3O3S/c18-17(19,20)14-22-23-15(27-14)21-13(24)16(6-2-1-3-7-16)10-4-5-11-12(8-10)26-9-25-11/h4-5,8H,1-3,6-7,9H2,(H,21,23,24). The lowest BCUT2D eigenvalue weighted by molar-refractivity contribution is -0.138. The van der Waals surface area contributed by atoms with Gasteiger partial charge in [-0.3, -0.25) is 10.1 Å². The monoisotopic (exact) mass is 399 g/mol. The van der Waals surface area contributed by atoms with Gasteiger partial charge in [0.2, 0.25) is 22.8 Å². The maximum absolute atomic E-state index is 13.1. The molecule has 1 saturated carbocycles. The van der Waals surface area contributed by atoms with Crippen LogP contribution in [0.4, 0.5) is 18.3 Å². The number of hydrogen-bond acceptors (Lipinski definition) is 6. The zero-order chi connectivity index (χ0) is 19.1. The molecule has 0 bridgehead atoms. The molecular formula is C17H16F3N3O3S. The van der Waals surface area contributed by atoms with Crippen molar-refractivity contribution < 1.29 is 27.4 Å².